The van der Waals surface area contributed by atoms with E-state index in [0.29, 0.717) is 12.0 Å². The molecule has 0 N–H and O–H groups in total. The number of likely N-dealkylation sites (tertiary alicyclic amines) is 1. The van der Waals surface area contributed by atoms with Gasteiger partial charge in [-0.1, -0.05) is 0 Å². The largest absolute Gasteiger partial charge is 0.381 e. The van der Waals surface area contributed by atoms with Crippen molar-refractivity contribution < 1.29 is 14.3 Å². The summed E-state index contributed by atoms with van der Waals surface area (Å²) in [4.78, 5) is 25.7. The summed E-state index contributed by atoms with van der Waals surface area (Å²) in [5, 5.41) is 0. The number of carbonyl (C=O) groups is 2. The van der Waals surface area contributed by atoms with E-state index in [2.05, 4.69) is 0 Å². The number of ether oxygens (including phenoxy) is 1. The van der Waals surface area contributed by atoms with Crippen molar-refractivity contribution in [1.29, 1.82) is 0 Å². The Morgan fingerprint density at radius 3 is 2.00 bits per heavy atom. The van der Waals surface area contributed by atoms with Crippen LogP contribution in [0.4, 0.5) is 0 Å². The Morgan fingerprint density at radius 2 is 1.53 bits per heavy atom. The van der Waals surface area contributed by atoms with Crippen molar-refractivity contribution in [3.05, 3.63) is 0 Å². The highest BCUT2D eigenvalue weighted by Crippen LogP contribution is 2.29. The molecule has 0 atom stereocenters. The van der Waals surface area contributed by atoms with Crippen LogP contribution in [-0.4, -0.2) is 42.9 Å². The minimum absolute atomic E-state index is 0.174. The Bertz CT molecular complexity index is 326. The van der Waals surface area contributed by atoms with Crippen LogP contribution >= 0.6 is 0 Å². The first kappa shape index (κ1) is 14.5. The average Bonchev–Trinajstić information content (AvgIpc) is 2.46. The summed E-state index contributed by atoms with van der Waals surface area (Å²) in [6.45, 7) is 3.18. The predicted molar refractivity (Wildman–Crippen MR) is 72.7 cm³/mol. The molecule has 1 aliphatic heterocycles. The van der Waals surface area contributed by atoms with Crippen molar-refractivity contribution in [1.82, 2.24) is 4.90 Å². The fourth-order valence-electron chi connectivity index (χ4n) is 3.31. The maximum atomic E-state index is 12.4. The van der Waals surface area contributed by atoms with Crippen LogP contribution in [0.5, 0.6) is 0 Å². The number of nitrogens with zero attached hydrogens (tertiary/aromatic N) is 1. The van der Waals surface area contributed by atoms with Gasteiger partial charge in [0, 0.05) is 32.0 Å². The van der Waals surface area contributed by atoms with Crippen LogP contribution in [0.1, 0.15) is 45.4 Å². The maximum Gasteiger partial charge on any atom is 0.225 e. The number of methoxy groups -OCH3 is 1. The fraction of sp³-hybridized carbons (Fsp3) is 0.867. The van der Waals surface area contributed by atoms with Crippen LogP contribution in [0.15, 0.2) is 0 Å². The van der Waals surface area contributed by atoms with Crippen LogP contribution in [0.3, 0.4) is 0 Å². The number of piperidine rings is 1. The number of rotatable bonds is 3. The average molecular weight is 267 g/mol. The molecule has 4 heteroatoms. The molecule has 0 bridgehead atoms. The van der Waals surface area contributed by atoms with Crippen molar-refractivity contribution in [3.63, 3.8) is 0 Å². The number of hydrogen-bond acceptors (Lipinski definition) is 3. The lowest BCUT2D eigenvalue weighted by molar-refractivity contribution is -0.140. The van der Waals surface area contributed by atoms with Crippen LogP contribution in [0.2, 0.25) is 0 Å². The van der Waals surface area contributed by atoms with Gasteiger partial charge in [-0.2, -0.15) is 0 Å². The lowest BCUT2D eigenvalue weighted by Crippen LogP contribution is -2.44. The van der Waals surface area contributed by atoms with E-state index < -0.39 is 0 Å². The molecular formula is C15H25NO3. The van der Waals surface area contributed by atoms with Crippen LogP contribution in [-0.2, 0) is 14.3 Å². The first-order valence-electron chi connectivity index (χ1n) is 7.44. The second kappa shape index (κ2) is 6.51. The molecule has 0 spiro atoms. The van der Waals surface area contributed by atoms with Crippen molar-refractivity contribution >= 4 is 11.7 Å². The van der Waals surface area contributed by atoms with Crippen LogP contribution in [0.25, 0.3) is 0 Å². The van der Waals surface area contributed by atoms with Gasteiger partial charge in [-0.15, -0.1) is 0 Å². The predicted octanol–water partition coefficient (Wildman–Crippen LogP) is 2.02. The van der Waals surface area contributed by atoms with Gasteiger partial charge in [0.1, 0.15) is 5.78 Å². The SMILES string of the molecule is COC1CCC(C(=O)N2CCC(C(C)=O)CC2)CC1. The first-order valence-corrected chi connectivity index (χ1v) is 7.44. The summed E-state index contributed by atoms with van der Waals surface area (Å²) in [6.07, 6.45) is 5.91. The molecule has 0 radical (unpaired) electrons. The van der Waals surface area contributed by atoms with Crippen LogP contribution in [0, 0.1) is 11.8 Å². The Hall–Kier alpha value is -0.900. The minimum atomic E-state index is 0.174. The smallest absolute Gasteiger partial charge is 0.225 e. The van der Waals surface area contributed by atoms with E-state index in [1.54, 1.807) is 14.0 Å². The summed E-state index contributed by atoms with van der Waals surface area (Å²) in [6, 6.07) is 0. The van der Waals surface area contributed by atoms with Crippen molar-refractivity contribution in [2.24, 2.45) is 11.8 Å². The van der Waals surface area contributed by atoms with Crippen LogP contribution < -0.4 is 0 Å². The number of hydrogen-bond donors (Lipinski definition) is 0. The van der Waals surface area contributed by atoms with Crippen molar-refractivity contribution in [3.8, 4) is 0 Å². The molecular weight excluding hydrogens is 242 g/mol. The lowest BCUT2D eigenvalue weighted by Gasteiger charge is -2.35. The second-order valence-electron chi connectivity index (χ2n) is 5.92. The molecule has 1 amide bonds. The van der Waals surface area contributed by atoms with E-state index in [-0.39, 0.29) is 17.6 Å². The Morgan fingerprint density at radius 1 is 0.947 bits per heavy atom. The molecule has 2 aliphatic rings. The number of Topliss-reactive ketones (excluding diaryl/α,β-unsaturated/α-hetero) is 1. The second-order valence-corrected chi connectivity index (χ2v) is 5.92. The number of carbonyl (C=O) groups excluding carboxylic acids is 2. The van der Waals surface area contributed by atoms with Gasteiger partial charge in [0.15, 0.2) is 0 Å². The topological polar surface area (TPSA) is 46.6 Å². The van der Waals surface area contributed by atoms with Gasteiger partial charge in [0.2, 0.25) is 5.91 Å². The quantitative estimate of drug-likeness (QED) is 0.786. The summed E-state index contributed by atoms with van der Waals surface area (Å²) >= 11 is 0. The highest BCUT2D eigenvalue weighted by atomic mass is 16.5. The Kier molecular flexibility index (Phi) is 4.97. The highest BCUT2D eigenvalue weighted by Gasteiger charge is 2.32. The van der Waals surface area contributed by atoms with Gasteiger partial charge in [-0.3, -0.25) is 9.59 Å². The zero-order valence-electron chi connectivity index (χ0n) is 12.1. The molecule has 0 aromatic carbocycles. The zero-order chi connectivity index (χ0) is 13.8. The maximum absolute atomic E-state index is 12.4. The van der Waals surface area contributed by atoms with E-state index in [9.17, 15) is 9.59 Å². The van der Waals surface area contributed by atoms with Crippen molar-refractivity contribution in [2.75, 3.05) is 20.2 Å². The standard InChI is InChI=1S/C15H25NO3/c1-11(17)12-7-9-16(10-8-12)15(18)13-3-5-14(19-2)6-4-13/h12-14H,3-10H2,1-2H3. The molecule has 19 heavy (non-hydrogen) atoms. The molecule has 2 rings (SSSR count). The molecule has 4 nitrogen and oxygen atoms in total. The van der Waals surface area contributed by atoms with E-state index in [1.807, 2.05) is 4.90 Å². The molecule has 0 unspecified atom stereocenters. The zero-order valence-corrected chi connectivity index (χ0v) is 12.1. The summed E-state index contributed by atoms with van der Waals surface area (Å²) in [5.74, 6) is 0.929. The summed E-state index contributed by atoms with van der Waals surface area (Å²) < 4.78 is 5.34. The highest BCUT2D eigenvalue weighted by molar-refractivity contribution is 5.81. The van der Waals surface area contributed by atoms with Gasteiger partial charge in [-0.05, 0) is 45.4 Å². The monoisotopic (exact) mass is 267 g/mol. The normalized spacial score (nSPS) is 29.3. The minimum Gasteiger partial charge on any atom is -0.381 e. The van der Waals surface area contributed by atoms with Gasteiger partial charge in [-0.25, -0.2) is 0 Å². The molecule has 1 saturated carbocycles. The van der Waals surface area contributed by atoms with E-state index in [1.165, 1.54) is 0 Å². The molecule has 108 valence electrons. The van der Waals surface area contributed by atoms with E-state index in [4.69, 9.17) is 4.74 Å². The molecule has 1 saturated heterocycles. The van der Waals surface area contributed by atoms with E-state index in [0.717, 1.165) is 51.6 Å². The number of amides is 1. The summed E-state index contributed by atoms with van der Waals surface area (Å²) in [7, 11) is 1.75. The Labute approximate surface area is 115 Å². The molecule has 1 heterocycles. The van der Waals surface area contributed by atoms with Gasteiger partial charge >= 0.3 is 0 Å². The summed E-state index contributed by atoms with van der Waals surface area (Å²) in [5.41, 5.74) is 0. The first-order chi connectivity index (χ1) is 9.11. The Balaban J connectivity index is 1.80. The molecule has 1 aliphatic carbocycles. The van der Waals surface area contributed by atoms with Crippen molar-refractivity contribution in [2.45, 2.75) is 51.6 Å². The molecule has 0 aromatic rings. The third kappa shape index (κ3) is 3.56. The lowest BCUT2D eigenvalue weighted by atomic mass is 9.85. The molecule has 2 fully saturated rings. The third-order valence-corrected chi connectivity index (χ3v) is 4.74. The third-order valence-electron chi connectivity index (χ3n) is 4.74. The van der Waals surface area contributed by atoms with Gasteiger partial charge in [0.25, 0.3) is 0 Å². The van der Waals surface area contributed by atoms with Gasteiger partial charge < -0.3 is 9.64 Å². The van der Waals surface area contributed by atoms with Gasteiger partial charge in [0.05, 0.1) is 6.10 Å². The number of ketones is 1. The van der Waals surface area contributed by atoms with E-state index >= 15 is 0 Å². The molecule has 0 aromatic heterocycles. The fourth-order valence-corrected chi connectivity index (χ4v) is 3.31.